The molecule has 3 aromatic heterocycles. The number of hydrogen-bond donors (Lipinski definition) is 0. The first-order valence-corrected chi connectivity index (χ1v) is 28.5. The first kappa shape index (κ1) is 46.6. The Morgan fingerprint density at radius 3 is 1.49 bits per heavy atom. The average molecular weight is 1050 g/mol. The summed E-state index contributed by atoms with van der Waals surface area (Å²) in [5.41, 5.74) is 18.0. The molecule has 16 rings (SSSR count). The van der Waals surface area contributed by atoms with Gasteiger partial charge in [-0.2, -0.15) is 0 Å². The second-order valence-electron chi connectivity index (χ2n) is 20.9. The fourth-order valence-electron chi connectivity index (χ4n) is 12.6. The Labute approximate surface area is 473 Å². The molecule has 5 heteroatoms. The van der Waals surface area contributed by atoms with Gasteiger partial charge in [0.2, 0.25) is 0 Å². The lowest BCUT2D eigenvalue weighted by molar-refractivity contribution is 1.18. The number of benzene rings is 13. The lowest BCUT2D eigenvalue weighted by Crippen LogP contribution is -2.13. The van der Waals surface area contributed by atoms with Crippen LogP contribution in [0, 0.1) is 0 Å². The summed E-state index contributed by atoms with van der Waals surface area (Å²) in [6.07, 6.45) is 0. The molecule has 4 nitrogen and oxygen atoms in total. The van der Waals surface area contributed by atoms with Crippen LogP contribution in [0.3, 0.4) is 0 Å². The number of aromatic nitrogens is 2. The topological polar surface area (TPSA) is 16.3 Å². The van der Waals surface area contributed by atoms with Crippen LogP contribution >= 0.6 is 11.3 Å². The van der Waals surface area contributed by atoms with Crippen LogP contribution in [0.2, 0.25) is 0 Å². The van der Waals surface area contributed by atoms with Crippen molar-refractivity contribution in [3.63, 3.8) is 0 Å². The maximum Gasteiger partial charge on any atom is 0.0634 e. The summed E-state index contributed by atoms with van der Waals surface area (Å²) in [5.74, 6) is 0. The third-order valence-corrected chi connectivity index (χ3v) is 17.4. The summed E-state index contributed by atoms with van der Waals surface area (Å²) in [5, 5.41) is 9.81. The molecule has 0 saturated carbocycles. The quantitative estimate of drug-likeness (QED) is 0.136. The molecule has 0 aliphatic rings. The highest BCUT2D eigenvalue weighted by Gasteiger charge is 2.26. The van der Waals surface area contributed by atoms with Crippen molar-refractivity contribution in [1.82, 2.24) is 9.13 Å². The molecule has 0 amide bonds. The highest BCUT2D eigenvalue weighted by atomic mass is 32.1. The van der Waals surface area contributed by atoms with Crippen molar-refractivity contribution in [2.24, 2.45) is 0 Å². The maximum absolute atomic E-state index is 2.54. The Hall–Kier alpha value is -10.5. The summed E-state index contributed by atoms with van der Waals surface area (Å²) >= 11 is 1.89. The van der Waals surface area contributed by atoms with E-state index in [1.807, 2.05) is 11.3 Å². The van der Waals surface area contributed by atoms with Gasteiger partial charge >= 0.3 is 0 Å². The number of rotatable bonds is 10. The molecular weight excluding hydrogens is 1000 g/mol. The van der Waals surface area contributed by atoms with Crippen LogP contribution in [0.25, 0.3) is 108 Å². The molecular formula is C76H50N4S. The monoisotopic (exact) mass is 1050 g/mol. The normalized spacial score (nSPS) is 11.7. The van der Waals surface area contributed by atoms with Crippen molar-refractivity contribution in [2.45, 2.75) is 0 Å². The Morgan fingerprint density at radius 2 is 0.790 bits per heavy atom. The van der Waals surface area contributed by atoms with Crippen LogP contribution in [0.1, 0.15) is 0 Å². The summed E-state index contributed by atoms with van der Waals surface area (Å²) < 4.78 is 7.45. The van der Waals surface area contributed by atoms with Gasteiger partial charge in [0.1, 0.15) is 0 Å². The Bertz CT molecular complexity index is 5040. The van der Waals surface area contributed by atoms with Gasteiger partial charge in [-0.1, -0.05) is 194 Å². The highest BCUT2D eigenvalue weighted by Crippen LogP contribution is 2.51. The van der Waals surface area contributed by atoms with Crippen LogP contribution in [-0.2, 0) is 0 Å². The predicted octanol–water partition coefficient (Wildman–Crippen LogP) is 21.7. The van der Waals surface area contributed by atoms with E-state index in [9.17, 15) is 0 Å². The number of anilines is 6. The molecule has 0 aliphatic heterocycles. The smallest absolute Gasteiger partial charge is 0.0634 e. The van der Waals surface area contributed by atoms with Gasteiger partial charge in [0.25, 0.3) is 0 Å². The minimum atomic E-state index is 1.03. The molecule has 0 aliphatic carbocycles. The molecule has 16 aromatic rings. The minimum absolute atomic E-state index is 1.03. The van der Waals surface area contributed by atoms with E-state index in [-0.39, 0.29) is 0 Å². The molecule has 0 radical (unpaired) electrons. The zero-order chi connectivity index (χ0) is 53.4. The van der Waals surface area contributed by atoms with E-state index in [1.54, 1.807) is 0 Å². The molecule has 81 heavy (non-hydrogen) atoms. The molecule has 380 valence electrons. The van der Waals surface area contributed by atoms with E-state index < -0.39 is 0 Å². The van der Waals surface area contributed by atoms with Crippen molar-refractivity contribution in [3.8, 4) is 33.6 Å². The summed E-state index contributed by atoms with van der Waals surface area (Å²) in [6.45, 7) is 0. The first-order chi connectivity index (χ1) is 40.2. The van der Waals surface area contributed by atoms with E-state index in [4.69, 9.17) is 0 Å². The van der Waals surface area contributed by atoms with Gasteiger partial charge in [-0.25, -0.2) is 0 Å². The van der Waals surface area contributed by atoms with Gasteiger partial charge < -0.3 is 18.9 Å². The molecule has 0 atom stereocenters. The van der Waals surface area contributed by atoms with Crippen LogP contribution < -0.4 is 9.80 Å². The largest absolute Gasteiger partial charge is 0.310 e. The number of hydrogen-bond acceptors (Lipinski definition) is 3. The van der Waals surface area contributed by atoms with Crippen LogP contribution in [0.5, 0.6) is 0 Å². The molecule has 0 saturated heterocycles. The van der Waals surface area contributed by atoms with E-state index in [2.05, 4.69) is 322 Å². The van der Waals surface area contributed by atoms with Gasteiger partial charge in [0.05, 0.1) is 27.8 Å². The molecule has 3 heterocycles. The summed E-state index contributed by atoms with van der Waals surface area (Å²) in [7, 11) is 0. The zero-order valence-electron chi connectivity index (χ0n) is 44.1. The van der Waals surface area contributed by atoms with Gasteiger partial charge in [-0.3, -0.25) is 0 Å². The van der Waals surface area contributed by atoms with E-state index in [1.165, 1.54) is 91.4 Å². The Morgan fingerprint density at radius 1 is 0.284 bits per heavy atom. The molecule has 0 bridgehead atoms. The fourth-order valence-corrected chi connectivity index (χ4v) is 13.9. The van der Waals surface area contributed by atoms with Crippen LogP contribution in [-0.4, -0.2) is 9.13 Å². The number of nitrogens with zero attached hydrogens (tertiary/aromatic N) is 4. The molecule has 0 spiro atoms. The lowest BCUT2D eigenvalue weighted by Gasteiger charge is -2.30. The average Bonchev–Trinajstić information content (AvgIpc) is 3.71. The molecule has 0 N–H and O–H groups in total. The van der Waals surface area contributed by atoms with Crippen molar-refractivity contribution >= 4 is 120 Å². The minimum Gasteiger partial charge on any atom is -0.310 e. The SMILES string of the molecule is c1ccc(-c2ccc(N(c3ccccc3)c3cc(-c4cc5c6ccccc6n(-c6cccc7ccccc67)c5c5c4sc4ccccc45)cc(N(c4ccccc4)c4ccc5c6ccccc6n(-c6ccccc6)c5c4)c3)cc2)cc1. The number of thiophene rings is 1. The Kier molecular flexibility index (Phi) is 11.0. The second kappa shape index (κ2) is 19.2. The standard InChI is InChI=1S/C76H50N4S/c1-5-22-51(23-6-1)52-40-42-58(43-41-52)77(55-26-7-2-8-27-55)60-46-54(47-61(48-60)78(56-28-9-3-10-29-56)59-44-45-65-63-33-15-18-36-70(63)79(72(65)49-59)57-30-11-4-12-31-57)67-50-68-64-34-16-19-37-71(64)80(69-38-21-25-53-24-13-14-32-62(53)69)75(68)74-66-35-17-20-39-73(66)81-76(67)74/h1-50H. The number of fused-ring (bicyclic) bond motifs is 11. The third-order valence-electron chi connectivity index (χ3n) is 16.2. The summed E-state index contributed by atoms with van der Waals surface area (Å²) in [4.78, 5) is 4.88. The van der Waals surface area contributed by atoms with Gasteiger partial charge in [-0.05, 0) is 131 Å². The van der Waals surface area contributed by atoms with Gasteiger partial charge in [0.15, 0.2) is 0 Å². The van der Waals surface area contributed by atoms with Crippen molar-refractivity contribution < 1.29 is 0 Å². The lowest BCUT2D eigenvalue weighted by atomic mass is 9.97. The van der Waals surface area contributed by atoms with Gasteiger partial charge in [-0.15, -0.1) is 11.3 Å². The van der Waals surface area contributed by atoms with Crippen LogP contribution in [0.4, 0.5) is 34.1 Å². The van der Waals surface area contributed by atoms with Crippen molar-refractivity contribution in [2.75, 3.05) is 9.80 Å². The van der Waals surface area contributed by atoms with E-state index >= 15 is 0 Å². The van der Waals surface area contributed by atoms with E-state index in [0.717, 1.165) is 50.9 Å². The predicted molar refractivity (Wildman–Crippen MR) is 346 cm³/mol. The first-order valence-electron chi connectivity index (χ1n) is 27.7. The third kappa shape index (κ3) is 7.73. The second-order valence-corrected chi connectivity index (χ2v) is 21.9. The molecule has 0 unspecified atom stereocenters. The fraction of sp³-hybridized carbons (Fsp3) is 0. The van der Waals surface area contributed by atoms with Gasteiger partial charge in [0, 0.05) is 92.5 Å². The molecule has 13 aromatic carbocycles. The highest BCUT2D eigenvalue weighted by molar-refractivity contribution is 7.26. The van der Waals surface area contributed by atoms with Crippen molar-refractivity contribution in [1.29, 1.82) is 0 Å². The maximum atomic E-state index is 2.54. The summed E-state index contributed by atoms with van der Waals surface area (Å²) in [6, 6.07) is 111. The Balaban J connectivity index is 1.01. The number of para-hydroxylation sites is 5. The van der Waals surface area contributed by atoms with E-state index in [0.29, 0.717) is 0 Å². The zero-order valence-corrected chi connectivity index (χ0v) is 44.9. The van der Waals surface area contributed by atoms with Crippen LogP contribution in [0.15, 0.2) is 303 Å². The van der Waals surface area contributed by atoms with Crippen molar-refractivity contribution in [3.05, 3.63) is 303 Å². The molecule has 0 fully saturated rings.